The van der Waals surface area contributed by atoms with Gasteiger partial charge in [-0.1, -0.05) is 36.4 Å². The maximum atomic E-state index is 12.8. The summed E-state index contributed by atoms with van der Waals surface area (Å²) in [6.07, 6.45) is 1.23. The van der Waals surface area contributed by atoms with Crippen LogP contribution in [0, 0.1) is 0 Å². The highest BCUT2D eigenvalue weighted by Gasteiger charge is 2.22. The summed E-state index contributed by atoms with van der Waals surface area (Å²) < 4.78 is 3.53. The lowest BCUT2D eigenvalue weighted by atomic mass is 10.1. The van der Waals surface area contributed by atoms with Crippen molar-refractivity contribution in [3.05, 3.63) is 70.1 Å². The van der Waals surface area contributed by atoms with Crippen LogP contribution < -0.4 is 5.69 Å². The van der Waals surface area contributed by atoms with E-state index in [0.29, 0.717) is 25.1 Å². The number of carbonyl (C=O) groups is 1. The normalized spacial score (nSPS) is 14.3. The van der Waals surface area contributed by atoms with Gasteiger partial charge in [-0.15, -0.1) is 0 Å². The topological polar surface area (TPSA) is 44.0 Å². The second-order valence-corrected chi connectivity index (χ2v) is 5.71. The summed E-state index contributed by atoms with van der Waals surface area (Å²) in [4.78, 5) is 25.0. The first-order valence-corrected chi connectivity index (χ1v) is 7.55. The third-order valence-corrected chi connectivity index (χ3v) is 4.31. The first kappa shape index (κ1) is 13.1. The third kappa shape index (κ3) is 1.91. The number of Topliss-reactive ketones (excluding diaryl/α,β-unsaturated/α-hetero) is 1. The van der Waals surface area contributed by atoms with Crippen LogP contribution in [0.5, 0.6) is 0 Å². The minimum absolute atomic E-state index is 0.0268. The molecule has 0 radical (unpaired) electrons. The maximum absolute atomic E-state index is 12.8. The van der Waals surface area contributed by atoms with E-state index in [4.69, 9.17) is 0 Å². The molecule has 2 heterocycles. The van der Waals surface area contributed by atoms with Gasteiger partial charge in [0.1, 0.15) is 0 Å². The number of hydrogen-bond acceptors (Lipinski definition) is 2. The van der Waals surface area contributed by atoms with E-state index < -0.39 is 0 Å². The van der Waals surface area contributed by atoms with Crippen molar-refractivity contribution in [2.45, 2.75) is 25.9 Å². The van der Waals surface area contributed by atoms with Crippen molar-refractivity contribution in [2.24, 2.45) is 0 Å². The lowest BCUT2D eigenvalue weighted by Crippen LogP contribution is -2.24. The molecule has 0 saturated heterocycles. The number of carbonyl (C=O) groups excluding carboxylic acids is 1. The Hall–Kier alpha value is -2.62. The predicted molar refractivity (Wildman–Crippen MR) is 85.3 cm³/mol. The summed E-state index contributed by atoms with van der Waals surface area (Å²) in [7, 11) is 0. The number of para-hydroxylation sites is 1. The molecule has 4 heteroatoms. The van der Waals surface area contributed by atoms with E-state index in [1.165, 1.54) is 0 Å². The standard InChI is InChI=1S/C18H16N2O2/c21-16-10-5-11-19-17-14(16)8-4-9-15(17)20(18(19)22)12-13-6-2-1-3-7-13/h1-4,6-9H,5,10-12H2. The highest BCUT2D eigenvalue weighted by Crippen LogP contribution is 2.24. The average molecular weight is 292 g/mol. The monoisotopic (exact) mass is 292 g/mol. The zero-order chi connectivity index (χ0) is 15.1. The van der Waals surface area contributed by atoms with Crippen molar-refractivity contribution >= 4 is 16.8 Å². The Morgan fingerprint density at radius 2 is 1.77 bits per heavy atom. The zero-order valence-electron chi connectivity index (χ0n) is 12.2. The lowest BCUT2D eigenvalue weighted by molar-refractivity contribution is 0.0982. The lowest BCUT2D eigenvalue weighted by Gasteiger charge is -2.04. The summed E-state index contributed by atoms with van der Waals surface area (Å²) in [6.45, 7) is 1.14. The molecule has 0 aliphatic carbocycles. The van der Waals surface area contributed by atoms with Crippen LogP contribution in [-0.2, 0) is 13.1 Å². The molecular formula is C18H16N2O2. The molecule has 0 fully saturated rings. The van der Waals surface area contributed by atoms with Crippen LogP contribution in [0.2, 0.25) is 0 Å². The summed E-state index contributed by atoms with van der Waals surface area (Å²) in [5.74, 6) is 0.133. The van der Waals surface area contributed by atoms with Gasteiger partial charge in [0.05, 0.1) is 17.6 Å². The largest absolute Gasteiger partial charge is 0.329 e. The number of ketones is 1. The second-order valence-electron chi connectivity index (χ2n) is 5.71. The highest BCUT2D eigenvalue weighted by atomic mass is 16.2. The average Bonchev–Trinajstić information content (AvgIpc) is 2.70. The number of aromatic nitrogens is 2. The first-order valence-electron chi connectivity index (χ1n) is 7.55. The quantitative estimate of drug-likeness (QED) is 0.729. The van der Waals surface area contributed by atoms with E-state index in [-0.39, 0.29) is 11.5 Å². The minimum Gasteiger partial charge on any atom is -0.294 e. The predicted octanol–water partition coefficient (Wildman–Crippen LogP) is 2.83. The summed E-state index contributed by atoms with van der Waals surface area (Å²) in [5.41, 5.74) is 3.38. The van der Waals surface area contributed by atoms with Crippen molar-refractivity contribution in [1.82, 2.24) is 9.13 Å². The van der Waals surface area contributed by atoms with Crippen molar-refractivity contribution < 1.29 is 4.79 Å². The number of aryl methyl sites for hydroxylation is 1. The molecule has 3 aromatic rings. The molecule has 4 nitrogen and oxygen atoms in total. The van der Waals surface area contributed by atoms with Crippen molar-refractivity contribution in [3.8, 4) is 0 Å². The molecule has 0 atom stereocenters. The Morgan fingerprint density at radius 3 is 2.59 bits per heavy atom. The molecule has 22 heavy (non-hydrogen) atoms. The third-order valence-electron chi connectivity index (χ3n) is 4.31. The molecule has 2 aromatic carbocycles. The fourth-order valence-electron chi connectivity index (χ4n) is 3.26. The number of imidazole rings is 1. The molecule has 1 aromatic heterocycles. The van der Waals surface area contributed by atoms with Crippen LogP contribution in [0.4, 0.5) is 0 Å². The molecule has 0 saturated carbocycles. The van der Waals surface area contributed by atoms with Gasteiger partial charge >= 0.3 is 5.69 Å². The first-order chi connectivity index (χ1) is 10.8. The summed E-state index contributed by atoms with van der Waals surface area (Å²) in [5, 5.41) is 0. The molecule has 1 aliphatic rings. The van der Waals surface area contributed by atoms with E-state index in [1.807, 2.05) is 48.5 Å². The number of nitrogens with zero attached hydrogens (tertiary/aromatic N) is 2. The van der Waals surface area contributed by atoms with Crippen LogP contribution in [-0.4, -0.2) is 14.9 Å². The molecule has 0 bridgehead atoms. The minimum atomic E-state index is -0.0268. The Balaban J connectivity index is 1.97. The molecule has 4 rings (SSSR count). The molecule has 0 unspecified atom stereocenters. The number of rotatable bonds is 2. The van der Waals surface area contributed by atoms with Crippen molar-refractivity contribution in [2.75, 3.05) is 0 Å². The molecule has 0 spiro atoms. The van der Waals surface area contributed by atoms with Gasteiger partial charge in [-0.25, -0.2) is 4.79 Å². The summed E-state index contributed by atoms with van der Waals surface area (Å²) >= 11 is 0. The van der Waals surface area contributed by atoms with Gasteiger partial charge in [0.2, 0.25) is 0 Å². The van der Waals surface area contributed by atoms with Gasteiger partial charge in [0.25, 0.3) is 0 Å². The Kier molecular flexibility index (Phi) is 2.96. The van der Waals surface area contributed by atoms with E-state index in [9.17, 15) is 9.59 Å². The molecule has 110 valence electrons. The van der Waals surface area contributed by atoms with Crippen LogP contribution in [0.3, 0.4) is 0 Å². The van der Waals surface area contributed by atoms with Gasteiger partial charge in [-0.05, 0) is 24.1 Å². The Labute approximate surface area is 127 Å². The Bertz CT molecular complexity index is 919. The maximum Gasteiger partial charge on any atom is 0.329 e. The molecular weight excluding hydrogens is 276 g/mol. The van der Waals surface area contributed by atoms with E-state index in [0.717, 1.165) is 23.0 Å². The second kappa shape index (κ2) is 4.98. The van der Waals surface area contributed by atoms with Gasteiger partial charge in [0.15, 0.2) is 5.78 Å². The van der Waals surface area contributed by atoms with Crippen LogP contribution in [0.1, 0.15) is 28.8 Å². The van der Waals surface area contributed by atoms with Gasteiger partial charge in [0, 0.05) is 18.5 Å². The van der Waals surface area contributed by atoms with Gasteiger partial charge in [-0.2, -0.15) is 0 Å². The van der Waals surface area contributed by atoms with Crippen LogP contribution >= 0.6 is 0 Å². The summed E-state index contributed by atoms with van der Waals surface area (Å²) in [6, 6.07) is 15.6. The number of hydrogen-bond donors (Lipinski definition) is 0. The smallest absolute Gasteiger partial charge is 0.294 e. The molecule has 1 aliphatic heterocycles. The van der Waals surface area contributed by atoms with Gasteiger partial charge in [-0.3, -0.25) is 13.9 Å². The SMILES string of the molecule is O=C1CCCn2c(=O)n(Cc3ccccc3)c3cccc1c32. The van der Waals surface area contributed by atoms with Crippen LogP contribution in [0.15, 0.2) is 53.3 Å². The van der Waals surface area contributed by atoms with E-state index in [1.54, 1.807) is 9.13 Å². The Morgan fingerprint density at radius 1 is 0.955 bits per heavy atom. The number of benzene rings is 2. The molecule has 0 amide bonds. The fourth-order valence-corrected chi connectivity index (χ4v) is 3.26. The molecule has 0 N–H and O–H groups in total. The van der Waals surface area contributed by atoms with Crippen LogP contribution in [0.25, 0.3) is 11.0 Å². The van der Waals surface area contributed by atoms with Crippen molar-refractivity contribution in [1.29, 1.82) is 0 Å². The van der Waals surface area contributed by atoms with Gasteiger partial charge < -0.3 is 0 Å². The van der Waals surface area contributed by atoms with E-state index >= 15 is 0 Å². The highest BCUT2D eigenvalue weighted by molar-refractivity contribution is 6.06. The van der Waals surface area contributed by atoms with E-state index in [2.05, 4.69) is 0 Å². The van der Waals surface area contributed by atoms with Crippen molar-refractivity contribution in [3.63, 3.8) is 0 Å². The zero-order valence-corrected chi connectivity index (χ0v) is 12.2. The fraction of sp³-hybridized carbons (Fsp3) is 0.222.